The van der Waals surface area contributed by atoms with Gasteiger partial charge in [-0.2, -0.15) is 0 Å². The zero-order valence-corrected chi connectivity index (χ0v) is 23.1. The van der Waals surface area contributed by atoms with Crippen molar-refractivity contribution in [3.63, 3.8) is 0 Å². The number of allylic oxidation sites excluding steroid dienone is 2. The molecule has 0 bridgehead atoms. The van der Waals surface area contributed by atoms with Crippen molar-refractivity contribution in [2.75, 3.05) is 11.6 Å². The molecule has 0 saturated carbocycles. The number of ether oxygens (including phenoxy) is 1. The largest absolute Gasteiger partial charge is 0.413 e. The van der Waals surface area contributed by atoms with Crippen LogP contribution in [0.15, 0.2) is 71.7 Å². The van der Waals surface area contributed by atoms with Crippen LogP contribution in [0.4, 0.5) is 4.79 Å². The Morgan fingerprint density at radius 3 is 2.56 bits per heavy atom. The van der Waals surface area contributed by atoms with Gasteiger partial charge >= 0.3 is 6.09 Å². The highest BCUT2D eigenvalue weighted by atomic mass is 32.2. The van der Waals surface area contributed by atoms with E-state index < -0.39 is 27.8 Å². The second-order valence-electron chi connectivity index (χ2n) is 10.5. The number of rotatable bonds is 5. The van der Waals surface area contributed by atoms with Crippen LogP contribution in [0, 0.1) is 6.92 Å². The van der Waals surface area contributed by atoms with Crippen LogP contribution >= 0.6 is 0 Å². The second kappa shape index (κ2) is 9.54. The number of nitrogens with one attached hydrogen (secondary N) is 1. The van der Waals surface area contributed by atoms with Crippen LogP contribution in [0.5, 0.6) is 0 Å². The molecule has 12 heteroatoms. The summed E-state index contributed by atoms with van der Waals surface area (Å²) in [5, 5.41) is 15.6. The average Bonchev–Trinajstić information content (AvgIpc) is 3.45. The van der Waals surface area contributed by atoms with Crippen LogP contribution in [0.1, 0.15) is 45.2 Å². The van der Waals surface area contributed by atoms with Gasteiger partial charge in [0, 0.05) is 23.3 Å². The summed E-state index contributed by atoms with van der Waals surface area (Å²) in [6, 6.07) is 8.27. The maximum atomic E-state index is 13.5. The SMILES string of the molecule is Cc1ccc(S(=O)(=O)n2ccc3c2ncc2nc(C(C)O)n(N4C=CC=C(OC(=O)NC(C)(C)C)C4)c23)cc1. The number of nitrogens with zero attached hydrogens (tertiary/aromatic N) is 5. The van der Waals surface area contributed by atoms with Gasteiger partial charge in [-0.05, 0) is 65.0 Å². The summed E-state index contributed by atoms with van der Waals surface area (Å²) in [6.07, 6.45) is 6.56. The number of carbonyl (C=O) groups is 1. The number of alkyl carbamates (subject to hydrolysis) is 1. The Bertz CT molecular complexity index is 1740. The summed E-state index contributed by atoms with van der Waals surface area (Å²) in [7, 11) is -3.92. The highest BCUT2D eigenvalue weighted by Crippen LogP contribution is 2.31. The van der Waals surface area contributed by atoms with Gasteiger partial charge in [0.2, 0.25) is 0 Å². The third-order valence-electron chi connectivity index (χ3n) is 6.06. The van der Waals surface area contributed by atoms with E-state index in [2.05, 4.69) is 15.3 Å². The van der Waals surface area contributed by atoms with Crippen molar-refractivity contribution in [2.45, 2.75) is 51.2 Å². The highest BCUT2D eigenvalue weighted by molar-refractivity contribution is 7.90. The molecule has 0 saturated heterocycles. The first-order chi connectivity index (χ1) is 18.3. The summed E-state index contributed by atoms with van der Waals surface area (Å²) < 4.78 is 35.3. The molecule has 0 fully saturated rings. The lowest BCUT2D eigenvalue weighted by Gasteiger charge is -2.28. The van der Waals surface area contributed by atoms with Crippen LogP contribution in [-0.4, -0.2) is 50.3 Å². The molecular weight excluding hydrogens is 520 g/mol. The average molecular weight is 551 g/mol. The van der Waals surface area contributed by atoms with E-state index >= 15 is 0 Å². The van der Waals surface area contributed by atoms with Crippen LogP contribution in [0.3, 0.4) is 0 Å². The Labute approximate surface area is 226 Å². The van der Waals surface area contributed by atoms with E-state index in [-0.39, 0.29) is 17.1 Å². The van der Waals surface area contributed by atoms with Crippen molar-refractivity contribution in [3.05, 3.63) is 78.2 Å². The molecule has 1 aromatic carbocycles. The smallest absolute Gasteiger partial charge is 0.412 e. The molecule has 4 heterocycles. The molecule has 0 spiro atoms. The predicted octanol–water partition coefficient (Wildman–Crippen LogP) is 3.86. The number of imidazole rings is 1. The summed E-state index contributed by atoms with van der Waals surface area (Å²) in [5.74, 6) is 0.695. The third kappa shape index (κ3) is 5.00. The highest BCUT2D eigenvalue weighted by Gasteiger charge is 2.27. The van der Waals surface area contributed by atoms with E-state index in [1.165, 1.54) is 12.4 Å². The molecule has 1 amide bonds. The van der Waals surface area contributed by atoms with Crippen LogP contribution in [-0.2, 0) is 14.8 Å². The number of pyridine rings is 1. The van der Waals surface area contributed by atoms with E-state index in [4.69, 9.17) is 4.74 Å². The molecule has 1 unspecified atom stereocenters. The number of aliphatic hydroxyl groups is 1. The van der Waals surface area contributed by atoms with Gasteiger partial charge in [-0.15, -0.1) is 0 Å². The maximum absolute atomic E-state index is 13.5. The van der Waals surface area contributed by atoms with Crippen LogP contribution in [0.25, 0.3) is 22.1 Å². The zero-order valence-electron chi connectivity index (χ0n) is 22.3. The summed E-state index contributed by atoms with van der Waals surface area (Å²) in [4.78, 5) is 21.5. The molecule has 1 atom stereocenters. The van der Waals surface area contributed by atoms with Crippen molar-refractivity contribution in [1.82, 2.24) is 23.9 Å². The number of fused-ring (bicyclic) bond motifs is 3. The zero-order chi connectivity index (χ0) is 28.1. The monoisotopic (exact) mass is 550 g/mol. The molecule has 2 N–H and O–H groups in total. The first-order valence-corrected chi connectivity index (χ1v) is 13.8. The fourth-order valence-electron chi connectivity index (χ4n) is 4.35. The molecule has 0 radical (unpaired) electrons. The predicted molar refractivity (Wildman–Crippen MR) is 147 cm³/mol. The number of benzene rings is 1. The quantitative estimate of drug-likeness (QED) is 0.383. The van der Waals surface area contributed by atoms with Crippen molar-refractivity contribution in [2.24, 2.45) is 0 Å². The van der Waals surface area contributed by atoms with E-state index in [1.807, 2.05) is 27.7 Å². The maximum Gasteiger partial charge on any atom is 0.412 e. The standard InChI is InChI=1S/C27H30N6O5S/c1-17-8-10-20(11-9-17)39(36,37)32-14-12-21-23-22(15-28-25(21)32)29-24(18(2)34)33(23)31-13-6-7-19(16-31)38-26(35)30-27(3,4)5/h6-15,18,34H,16H2,1-5H3,(H,30,35). The Morgan fingerprint density at radius 1 is 1.18 bits per heavy atom. The minimum absolute atomic E-state index is 0.144. The Balaban J connectivity index is 1.59. The third-order valence-corrected chi connectivity index (χ3v) is 7.74. The molecule has 39 heavy (non-hydrogen) atoms. The lowest BCUT2D eigenvalue weighted by atomic mass is 10.1. The molecule has 1 aliphatic rings. The number of hydrogen-bond acceptors (Lipinski definition) is 8. The van der Waals surface area contributed by atoms with Crippen LogP contribution < -0.4 is 10.3 Å². The van der Waals surface area contributed by atoms with Gasteiger partial charge in [0.15, 0.2) is 11.5 Å². The molecule has 4 aromatic rings. The first kappa shape index (κ1) is 26.4. The van der Waals surface area contributed by atoms with Crippen molar-refractivity contribution in [1.29, 1.82) is 0 Å². The topological polar surface area (TPSA) is 132 Å². The Hall–Kier alpha value is -4.16. The van der Waals surface area contributed by atoms with Gasteiger partial charge in [0.25, 0.3) is 10.0 Å². The van der Waals surface area contributed by atoms with Crippen LogP contribution in [0.2, 0.25) is 0 Å². The van der Waals surface area contributed by atoms with Gasteiger partial charge < -0.3 is 15.2 Å². The van der Waals surface area contributed by atoms with Crippen molar-refractivity contribution in [3.8, 4) is 0 Å². The number of carbonyl (C=O) groups excluding carboxylic acids is 1. The fourth-order valence-corrected chi connectivity index (χ4v) is 5.65. The summed E-state index contributed by atoms with van der Waals surface area (Å²) in [6.45, 7) is 9.20. The van der Waals surface area contributed by atoms with Gasteiger partial charge in [-0.1, -0.05) is 17.7 Å². The van der Waals surface area contributed by atoms with Gasteiger partial charge in [-0.25, -0.2) is 31.8 Å². The molecule has 5 rings (SSSR count). The molecule has 0 aliphatic carbocycles. The minimum atomic E-state index is -3.92. The molecule has 204 valence electrons. The van der Waals surface area contributed by atoms with Gasteiger partial charge in [-0.3, -0.25) is 5.01 Å². The number of hydrogen-bond donors (Lipinski definition) is 2. The lowest BCUT2D eigenvalue weighted by molar-refractivity contribution is 0.163. The molecule has 11 nitrogen and oxygen atoms in total. The minimum Gasteiger partial charge on any atom is -0.413 e. The van der Waals surface area contributed by atoms with E-state index in [0.29, 0.717) is 28.0 Å². The lowest BCUT2D eigenvalue weighted by Crippen LogP contribution is -2.42. The Kier molecular flexibility index (Phi) is 6.47. The number of aromatic nitrogens is 4. The van der Waals surface area contributed by atoms with E-state index in [9.17, 15) is 18.3 Å². The fraction of sp³-hybridized carbons (Fsp3) is 0.296. The van der Waals surface area contributed by atoms with Gasteiger partial charge in [0.05, 0.1) is 17.6 Å². The number of aryl methyl sites for hydroxylation is 1. The molecule has 3 aromatic heterocycles. The Morgan fingerprint density at radius 2 is 1.90 bits per heavy atom. The van der Waals surface area contributed by atoms with Gasteiger partial charge in [0.1, 0.15) is 22.9 Å². The van der Waals surface area contributed by atoms with Crippen molar-refractivity contribution < 1.29 is 23.1 Å². The summed E-state index contributed by atoms with van der Waals surface area (Å²) in [5.41, 5.74) is 1.73. The first-order valence-electron chi connectivity index (χ1n) is 12.4. The van der Waals surface area contributed by atoms with E-state index in [1.54, 1.807) is 65.3 Å². The second-order valence-corrected chi connectivity index (χ2v) is 12.3. The number of aliphatic hydroxyl groups excluding tert-OH is 1. The number of amides is 1. The van der Waals surface area contributed by atoms with Crippen molar-refractivity contribution >= 4 is 38.2 Å². The van der Waals surface area contributed by atoms with E-state index in [0.717, 1.165) is 9.54 Å². The normalized spacial score (nSPS) is 15.0. The molecule has 1 aliphatic heterocycles. The molecular formula is C27H30N6O5S. The summed E-state index contributed by atoms with van der Waals surface area (Å²) >= 11 is 0.